The second-order valence-corrected chi connectivity index (χ2v) is 6.68. The van der Waals surface area contributed by atoms with Crippen LogP contribution < -0.4 is 5.56 Å². The molecule has 0 fully saturated rings. The SMILES string of the molecule is CCCCCc1c(CCCC)c(=O)[nH]c2c1ccc1ccccc12. The Morgan fingerprint density at radius 2 is 1.54 bits per heavy atom. The van der Waals surface area contributed by atoms with E-state index >= 15 is 0 Å². The molecule has 2 nitrogen and oxygen atoms in total. The molecule has 0 aliphatic carbocycles. The number of H-pyrrole nitrogens is 1. The molecule has 2 heteroatoms. The number of hydrogen-bond donors (Lipinski definition) is 1. The molecule has 0 spiro atoms. The Kier molecular flexibility index (Phi) is 5.34. The lowest BCUT2D eigenvalue weighted by atomic mass is 9.93. The molecule has 0 unspecified atom stereocenters. The summed E-state index contributed by atoms with van der Waals surface area (Å²) in [5.41, 5.74) is 3.40. The van der Waals surface area contributed by atoms with E-state index in [-0.39, 0.29) is 5.56 Å². The van der Waals surface area contributed by atoms with Gasteiger partial charge in [0.25, 0.3) is 5.56 Å². The summed E-state index contributed by atoms with van der Waals surface area (Å²) in [5.74, 6) is 0. The Hall–Kier alpha value is -2.09. The average Bonchev–Trinajstić information content (AvgIpc) is 2.61. The van der Waals surface area contributed by atoms with Crippen molar-refractivity contribution in [2.45, 2.75) is 58.8 Å². The van der Waals surface area contributed by atoms with Crippen LogP contribution in [0.5, 0.6) is 0 Å². The van der Waals surface area contributed by atoms with Gasteiger partial charge in [-0.3, -0.25) is 4.79 Å². The highest BCUT2D eigenvalue weighted by molar-refractivity contribution is 6.06. The monoisotopic (exact) mass is 321 g/mol. The number of pyridine rings is 1. The number of fused-ring (bicyclic) bond motifs is 3. The number of aromatic nitrogens is 1. The first-order valence-electron chi connectivity index (χ1n) is 9.31. The fraction of sp³-hybridized carbons (Fsp3) is 0.409. The predicted molar refractivity (Wildman–Crippen MR) is 104 cm³/mol. The largest absolute Gasteiger partial charge is 0.321 e. The van der Waals surface area contributed by atoms with E-state index in [9.17, 15) is 4.79 Å². The topological polar surface area (TPSA) is 32.9 Å². The molecule has 1 heterocycles. The van der Waals surface area contributed by atoms with Crippen LogP contribution >= 0.6 is 0 Å². The molecule has 0 saturated carbocycles. The van der Waals surface area contributed by atoms with Crippen LogP contribution in [-0.2, 0) is 12.8 Å². The first-order valence-corrected chi connectivity index (χ1v) is 9.31. The fourth-order valence-corrected chi connectivity index (χ4v) is 3.60. The Morgan fingerprint density at radius 1 is 0.792 bits per heavy atom. The van der Waals surface area contributed by atoms with Gasteiger partial charge in [-0.1, -0.05) is 69.5 Å². The van der Waals surface area contributed by atoms with Gasteiger partial charge >= 0.3 is 0 Å². The van der Waals surface area contributed by atoms with E-state index in [1.165, 1.54) is 29.2 Å². The number of benzene rings is 2. The van der Waals surface area contributed by atoms with E-state index < -0.39 is 0 Å². The van der Waals surface area contributed by atoms with Crippen LogP contribution in [0.4, 0.5) is 0 Å². The van der Waals surface area contributed by atoms with Crippen molar-refractivity contribution in [2.24, 2.45) is 0 Å². The first kappa shape index (κ1) is 16.8. The molecular formula is C22H27NO. The van der Waals surface area contributed by atoms with Crippen LogP contribution in [0.2, 0.25) is 0 Å². The molecule has 0 atom stereocenters. The summed E-state index contributed by atoms with van der Waals surface area (Å²) in [6, 6.07) is 12.7. The summed E-state index contributed by atoms with van der Waals surface area (Å²) in [5, 5.41) is 3.56. The minimum atomic E-state index is 0.110. The van der Waals surface area contributed by atoms with Gasteiger partial charge in [0, 0.05) is 16.3 Å². The summed E-state index contributed by atoms with van der Waals surface area (Å²) in [6.07, 6.45) is 7.65. The van der Waals surface area contributed by atoms with Gasteiger partial charge in [0.05, 0.1) is 5.52 Å². The molecule has 3 rings (SSSR count). The standard InChI is InChI=1S/C22H27NO/c1-3-5-7-13-18-19-15-14-16-10-8-9-12-17(16)21(19)23-22(24)20(18)11-6-4-2/h8-10,12,14-15H,3-7,11,13H2,1-2H3,(H,23,24). The van der Waals surface area contributed by atoms with E-state index in [0.29, 0.717) is 0 Å². The lowest BCUT2D eigenvalue weighted by Crippen LogP contribution is -2.16. The van der Waals surface area contributed by atoms with Gasteiger partial charge in [-0.25, -0.2) is 0 Å². The van der Waals surface area contributed by atoms with Crippen LogP contribution in [0.15, 0.2) is 41.2 Å². The van der Waals surface area contributed by atoms with Crippen molar-refractivity contribution in [3.8, 4) is 0 Å². The molecule has 1 N–H and O–H groups in total. The summed E-state index contributed by atoms with van der Waals surface area (Å²) in [4.78, 5) is 16.0. The van der Waals surface area contributed by atoms with Gasteiger partial charge in [-0.2, -0.15) is 0 Å². The van der Waals surface area contributed by atoms with E-state index in [0.717, 1.165) is 48.6 Å². The summed E-state index contributed by atoms with van der Waals surface area (Å²) < 4.78 is 0. The zero-order valence-corrected chi connectivity index (χ0v) is 14.8. The molecule has 2 aromatic carbocycles. The van der Waals surface area contributed by atoms with Crippen molar-refractivity contribution >= 4 is 21.7 Å². The van der Waals surface area contributed by atoms with Crippen LogP contribution in [-0.4, -0.2) is 4.98 Å². The number of aryl methyl sites for hydroxylation is 1. The third kappa shape index (κ3) is 3.24. The molecule has 0 radical (unpaired) electrons. The predicted octanol–water partition coefficient (Wildman–Crippen LogP) is 5.76. The van der Waals surface area contributed by atoms with Crippen LogP contribution in [0.3, 0.4) is 0 Å². The van der Waals surface area contributed by atoms with Crippen LogP contribution in [0.1, 0.15) is 57.1 Å². The lowest BCUT2D eigenvalue weighted by Gasteiger charge is -2.14. The zero-order valence-electron chi connectivity index (χ0n) is 14.8. The lowest BCUT2D eigenvalue weighted by molar-refractivity contribution is 0.708. The minimum Gasteiger partial charge on any atom is -0.321 e. The van der Waals surface area contributed by atoms with Crippen molar-refractivity contribution in [2.75, 3.05) is 0 Å². The second-order valence-electron chi connectivity index (χ2n) is 6.68. The summed E-state index contributed by atoms with van der Waals surface area (Å²) in [7, 11) is 0. The third-order valence-electron chi connectivity index (χ3n) is 4.94. The van der Waals surface area contributed by atoms with Gasteiger partial charge in [0.2, 0.25) is 0 Å². The van der Waals surface area contributed by atoms with Gasteiger partial charge in [-0.15, -0.1) is 0 Å². The maximum Gasteiger partial charge on any atom is 0.251 e. The number of hydrogen-bond acceptors (Lipinski definition) is 1. The van der Waals surface area contributed by atoms with Gasteiger partial charge in [0.15, 0.2) is 0 Å². The maximum absolute atomic E-state index is 12.8. The normalized spacial score (nSPS) is 11.4. The maximum atomic E-state index is 12.8. The van der Waals surface area contributed by atoms with Gasteiger partial charge < -0.3 is 4.98 Å². The average molecular weight is 321 g/mol. The quantitative estimate of drug-likeness (QED) is 0.436. The third-order valence-corrected chi connectivity index (χ3v) is 4.94. The molecule has 0 saturated heterocycles. The van der Waals surface area contributed by atoms with E-state index in [1.54, 1.807) is 0 Å². The van der Waals surface area contributed by atoms with E-state index in [2.05, 4.69) is 43.1 Å². The molecule has 3 aromatic rings. The Morgan fingerprint density at radius 3 is 2.33 bits per heavy atom. The number of aromatic amines is 1. The van der Waals surface area contributed by atoms with Gasteiger partial charge in [-0.05, 0) is 36.6 Å². The molecule has 126 valence electrons. The minimum absolute atomic E-state index is 0.110. The van der Waals surface area contributed by atoms with Crippen molar-refractivity contribution in [1.29, 1.82) is 0 Å². The van der Waals surface area contributed by atoms with Crippen LogP contribution in [0, 0.1) is 0 Å². The second kappa shape index (κ2) is 7.65. The highest BCUT2D eigenvalue weighted by Crippen LogP contribution is 2.28. The number of unbranched alkanes of at least 4 members (excludes halogenated alkanes) is 3. The molecule has 0 aliphatic rings. The molecule has 24 heavy (non-hydrogen) atoms. The zero-order chi connectivity index (χ0) is 16.9. The van der Waals surface area contributed by atoms with Gasteiger partial charge in [0.1, 0.15) is 0 Å². The highest BCUT2D eigenvalue weighted by atomic mass is 16.1. The van der Waals surface area contributed by atoms with Crippen molar-refractivity contribution in [3.63, 3.8) is 0 Å². The molecule has 0 bridgehead atoms. The van der Waals surface area contributed by atoms with Crippen molar-refractivity contribution in [3.05, 3.63) is 57.9 Å². The first-order chi connectivity index (χ1) is 11.8. The smallest absolute Gasteiger partial charge is 0.251 e. The Labute approximate surface area is 143 Å². The summed E-state index contributed by atoms with van der Waals surface area (Å²) >= 11 is 0. The highest BCUT2D eigenvalue weighted by Gasteiger charge is 2.13. The number of nitrogens with one attached hydrogen (secondary N) is 1. The molecule has 0 aliphatic heterocycles. The molecule has 1 aromatic heterocycles. The van der Waals surface area contributed by atoms with E-state index in [1.807, 2.05) is 12.1 Å². The van der Waals surface area contributed by atoms with Crippen molar-refractivity contribution < 1.29 is 0 Å². The Bertz CT molecular complexity index is 891. The molecule has 0 amide bonds. The summed E-state index contributed by atoms with van der Waals surface area (Å²) in [6.45, 7) is 4.40. The van der Waals surface area contributed by atoms with Crippen molar-refractivity contribution in [1.82, 2.24) is 4.98 Å². The fourth-order valence-electron chi connectivity index (χ4n) is 3.60. The van der Waals surface area contributed by atoms with E-state index in [4.69, 9.17) is 0 Å². The molecular weight excluding hydrogens is 294 g/mol. The number of rotatable bonds is 7. The van der Waals surface area contributed by atoms with Crippen LogP contribution in [0.25, 0.3) is 21.7 Å². The Balaban J connectivity index is 2.22.